The topological polar surface area (TPSA) is 53.0 Å². The first-order valence-corrected chi connectivity index (χ1v) is 7.74. The summed E-state index contributed by atoms with van der Waals surface area (Å²) in [5.74, 6) is 0. The van der Waals surface area contributed by atoms with E-state index in [4.69, 9.17) is 4.74 Å². The van der Waals surface area contributed by atoms with Crippen LogP contribution in [0, 0.1) is 6.92 Å². The minimum atomic E-state index is -0.458. The Morgan fingerprint density at radius 3 is 2.41 bits per heavy atom. The molecule has 0 unspecified atom stereocenters. The van der Waals surface area contributed by atoms with E-state index in [1.807, 2.05) is 39.8 Å². The number of hydrogen-bond acceptors (Lipinski definition) is 4. The molecule has 1 aliphatic rings. The summed E-state index contributed by atoms with van der Waals surface area (Å²) in [4.78, 5) is 16.1. The first kappa shape index (κ1) is 16.6. The number of nitrogens with zero attached hydrogens (tertiary/aromatic N) is 2. The number of benzene rings is 1. The third-order valence-corrected chi connectivity index (χ3v) is 3.86. The van der Waals surface area contributed by atoms with E-state index in [2.05, 4.69) is 11.0 Å². The normalized spacial score (nSPS) is 15.9. The zero-order valence-electron chi connectivity index (χ0n) is 13.9. The maximum absolute atomic E-state index is 12.1. The van der Waals surface area contributed by atoms with Crippen LogP contribution < -0.4 is 4.90 Å². The SMILES string of the molecule is Cc1c(CO)cccc1N1CCN(C(=O)OC(C)(C)C)CC1. The Bertz CT molecular complexity index is 529. The molecule has 1 aromatic carbocycles. The summed E-state index contributed by atoms with van der Waals surface area (Å²) in [6.45, 7) is 10.6. The van der Waals surface area contributed by atoms with Gasteiger partial charge in [0.2, 0.25) is 0 Å². The maximum atomic E-state index is 12.1. The minimum Gasteiger partial charge on any atom is -0.444 e. The smallest absolute Gasteiger partial charge is 0.410 e. The Morgan fingerprint density at radius 1 is 1.23 bits per heavy atom. The number of carbonyl (C=O) groups excluding carboxylic acids is 1. The van der Waals surface area contributed by atoms with E-state index in [1.165, 1.54) is 0 Å². The standard InChI is InChI=1S/C17H26N2O3/c1-13-14(12-20)6-5-7-15(13)18-8-10-19(11-9-18)16(21)22-17(2,3)4/h5-7,20H,8-12H2,1-4H3. The molecule has 1 fully saturated rings. The molecular formula is C17H26N2O3. The Hall–Kier alpha value is -1.75. The van der Waals surface area contributed by atoms with Crippen molar-refractivity contribution in [2.45, 2.75) is 39.9 Å². The number of ether oxygens (including phenoxy) is 1. The molecule has 22 heavy (non-hydrogen) atoms. The van der Waals surface area contributed by atoms with Crippen LogP contribution in [0.2, 0.25) is 0 Å². The lowest BCUT2D eigenvalue weighted by Gasteiger charge is -2.37. The van der Waals surface area contributed by atoms with Gasteiger partial charge >= 0.3 is 6.09 Å². The molecule has 0 atom stereocenters. The van der Waals surface area contributed by atoms with Gasteiger partial charge in [-0.2, -0.15) is 0 Å². The van der Waals surface area contributed by atoms with Crippen LogP contribution in [0.1, 0.15) is 31.9 Å². The number of aliphatic hydroxyl groups is 1. The highest BCUT2D eigenvalue weighted by atomic mass is 16.6. The highest BCUT2D eigenvalue weighted by Crippen LogP contribution is 2.24. The van der Waals surface area contributed by atoms with E-state index >= 15 is 0 Å². The van der Waals surface area contributed by atoms with Crippen molar-refractivity contribution in [3.05, 3.63) is 29.3 Å². The largest absolute Gasteiger partial charge is 0.444 e. The van der Waals surface area contributed by atoms with Gasteiger partial charge in [-0.1, -0.05) is 12.1 Å². The van der Waals surface area contributed by atoms with Crippen LogP contribution in [0.3, 0.4) is 0 Å². The molecule has 0 saturated carbocycles. The van der Waals surface area contributed by atoms with Gasteiger partial charge in [-0.15, -0.1) is 0 Å². The second-order valence-corrected chi connectivity index (χ2v) is 6.67. The number of hydrogen-bond donors (Lipinski definition) is 1. The van der Waals surface area contributed by atoms with E-state index < -0.39 is 5.60 Å². The molecular weight excluding hydrogens is 280 g/mol. The molecule has 0 aliphatic carbocycles. The van der Waals surface area contributed by atoms with Crippen molar-refractivity contribution >= 4 is 11.8 Å². The van der Waals surface area contributed by atoms with Gasteiger partial charge in [-0.3, -0.25) is 0 Å². The number of amides is 1. The van der Waals surface area contributed by atoms with Crippen molar-refractivity contribution in [1.82, 2.24) is 4.90 Å². The molecule has 2 rings (SSSR count). The van der Waals surface area contributed by atoms with Crippen molar-refractivity contribution in [2.75, 3.05) is 31.1 Å². The van der Waals surface area contributed by atoms with Crippen molar-refractivity contribution in [1.29, 1.82) is 0 Å². The van der Waals surface area contributed by atoms with Crippen LogP contribution >= 0.6 is 0 Å². The molecule has 1 aromatic rings. The lowest BCUT2D eigenvalue weighted by atomic mass is 10.1. The third-order valence-electron chi connectivity index (χ3n) is 3.86. The van der Waals surface area contributed by atoms with Crippen LogP contribution in [0.4, 0.5) is 10.5 Å². The predicted octanol–water partition coefficient (Wildman–Crippen LogP) is 2.54. The van der Waals surface area contributed by atoms with Crippen LogP contribution in [-0.4, -0.2) is 47.9 Å². The minimum absolute atomic E-state index is 0.0531. The van der Waals surface area contributed by atoms with Crippen molar-refractivity contribution in [2.24, 2.45) is 0 Å². The molecule has 1 N–H and O–H groups in total. The van der Waals surface area contributed by atoms with Gasteiger partial charge in [-0.05, 0) is 44.9 Å². The van der Waals surface area contributed by atoms with E-state index in [0.29, 0.717) is 13.1 Å². The van der Waals surface area contributed by atoms with Crippen LogP contribution in [0.5, 0.6) is 0 Å². The van der Waals surface area contributed by atoms with Gasteiger partial charge in [-0.25, -0.2) is 4.79 Å². The van der Waals surface area contributed by atoms with E-state index in [-0.39, 0.29) is 12.7 Å². The quantitative estimate of drug-likeness (QED) is 0.912. The number of carbonyl (C=O) groups is 1. The van der Waals surface area contributed by atoms with Crippen molar-refractivity contribution in [3.63, 3.8) is 0 Å². The summed E-state index contributed by atoms with van der Waals surface area (Å²) >= 11 is 0. The van der Waals surface area contributed by atoms with Gasteiger partial charge in [0.15, 0.2) is 0 Å². The number of aliphatic hydroxyl groups excluding tert-OH is 1. The molecule has 0 aromatic heterocycles. The fourth-order valence-corrected chi connectivity index (χ4v) is 2.64. The van der Waals surface area contributed by atoms with Crippen molar-refractivity contribution < 1.29 is 14.6 Å². The lowest BCUT2D eigenvalue weighted by molar-refractivity contribution is 0.0240. The van der Waals surface area contributed by atoms with Gasteiger partial charge < -0.3 is 19.6 Å². The van der Waals surface area contributed by atoms with E-state index in [1.54, 1.807) is 4.90 Å². The zero-order valence-corrected chi connectivity index (χ0v) is 13.9. The third kappa shape index (κ3) is 3.91. The summed E-state index contributed by atoms with van der Waals surface area (Å²) < 4.78 is 5.41. The maximum Gasteiger partial charge on any atom is 0.410 e. The molecule has 122 valence electrons. The van der Waals surface area contributed by atoms with Crippen LogP contribution in [-0.2, 0) is 11.3 Å². The molecule has 5 heteroatoms. The molecule has 0 spiro atoms. The number of piperazine rings is 1. The Morgan fingerprint density at radius 2 is 1.86 bits per heavy atom. The lowest BCUT2D eigenvalue weighted by Crippen LogP contribution is -2.50. The molecule has 1 heterocycles. The fourth-order valence-electron chi connectivity index (χ4n) is 2.64. The highest BCUT2D eigenvalue weighted by Gasteiger charge is 2.26. The average molecular weight is 306 g/mol. The van der Waals surface area contributed by atoms with Crippen LogP contribution in [0.15, 0.2) is 18.2 Å². The Kier molecular flexibility index (Phi) is 4.96. The van der Waals surface area contributed by atoms with Gasteiger partial charge in [0.1, 0.15) is 5.60 Å². The van der Waals surface area contributed by atoms with E-state index in [0.717, 1.165) is 29.9 Å². The number of anilines is 1. The number of rotatable bonds is 2. The van der Waals surface area contributed by atoms with Gasteiger partial charge in [0.25, 0.3) is 0 Å². The van der Waals surface area contributed by atoms with Crippen LogP contribution in [0.25, 0.3) is 0 Å². The second-order valence-electron chi connectivity index (χ2n) is 6.67. The summed E-state index contributed by atoms with van der Waals surface area (Å²) in [6, 6.07) is 5.97. The van der Waals surface area contributed by atoms with E-state index in [9.17, 15) is 9.90 Å². The fraction of sp³-hybridized carbons (Fsp3) is 0.588. The second kappa shape index (κ2) is 6.57. The van der Waals surface area contributed by atoms with Gasteiger partial charge in [0.05, 0.1) is 6.61 Å². The summed E-state index contributed by atoms with van der Waals surface area (Å²) in [5.41, 5.74) is 2.73. The molecule has 1 saturated heterocycles. The molecule has 5 nitrogen and oxygen atoms in total. The summed E-state index contributed by atoms with van der Waals surface area (Å²) in [7, 11) is 0. The summed E-state index contributed by atoms with van der Waals surface area (Å²) in [6.07, 6.45) is -0.243. The summed E-state index contributed by atoms with van der Waals surface area (Å²) in [5, 5.41) is 9.38. The Balaban J connectivity index is 1.99. The Labute approximate surface area is 132 Å². The first-order valence-electron chi connectivity index (χ1n) is 7.74. The average Bonchev–Trinajstić information content (AvgIpc) is 2.46. The molecule has 0 radical (unpaired) electrons. The zero-order chi connectivity index (χ0) is 16.3. The molecule has 1 amide bonds. The predicted molar refractivity (Wildman–Crippen MR) is 87.1 cm³/mol. The monoisotopic (exact) mass is 306 g/mol. The molecule has 0 bridgehead atoms. The van der Waals surface area contributed by atoms with Gasteiger partial charge in [0, 0.05) is 31.9 Å². The molecule has 1 aliphatic heterocycles. The van der Waals surface area contributed by atoms with Crippen molar-refractivity contribution in [3.8, 4) is 0 Å². The highest BCUT2D eigenvalue weighted by molar-refractivity contribution is 5.69. The first-order chi connectivity index (χ1) is 10.3.